The fourth-order valence-corrected chi connectivity index (χ4v) is 2.94. The molecule has 0 aliphatic carbocycles. The molecule has 3 aromatic rings. The number of carbonyl (C=O) groups excluding carboxylic acids is 1. The number of hydrogen-bond acceptors (Lipinski definition) is 5. The van der Waals surface area contributed by atoms with Crippen LogP contribution in [-0.4, -0.2) is 26.7 Å². The van der Waals surface area contributed by atoms with E-state index in [1.54, 1.807) is 13.0 Å². The first kappa shape index (κ1) is 19.6. The van der Waals surface area contributed by atoms with E-state index in [0.29, 0.717) is 22.8 Å². The van der Waals surface area contributed by atoms with Crippen LogP contribution in [0.4, 0.5) is 5.69 Å². The van der Waals surface area contributed by atoms with Crippen LogP contribution >= 0.6 is 0 Å². The number of nitrogens with one attached hydrogen (secondary N) is 1. The number of amides is 1. The fraction of sp³-hybridized carbons (Fsp3) is 0.143. The molecule has 1 amide bonds. The SMILES string of the molecule is Cc1cc(-n2c(C)cc(/C=C(\C#N)C(=O)Nc3ccc(C(=O)O)cc3)c2C)no1. The van der Waals surface area contributed by atoms with Gasteiger partial charge in [-0.1, -0.05) is 5.16 Å². The largest absolute Gasteiger partial charge is 0.478 e. The molecule has 2 aromatic heterocycles. The van der Waals surface area contributed by atoms with Gasteiger partial charge in [-0.25, -0.2) is 4.79 Å². The van der Waals surface area contributed by atoms with Crippen molar-refractivity contribution in [1.29, 1.82) is 5.26 Å². The number of rotatable bonds is 5. The van der Waals surface area contributed by atoms with Crippen LogP contribution in [0, 0.1) is 32.1 Å². The normalized spacial score (nSPS) is 11.2. The number of carboxylic acid groups (broad SMARTS) is 1. The van der Waals surface area contributed by atoms with Crippen molar-refractivity contribution in [2.24, 2.45) is 0 Å². The van der Waals surface area contributed by atoms with Gasteiger partial charge in [0.25, 0.3) is 5.91 Å². The monoisotopic (exact) mass is 390 g/mol. The highest BCUT2D eigenvalue weighted by atomic mass is 16.5. The third kappa shape index (κ3) is 4.09. The molecule has 0 spiro atoms. The Morgan fingerprint density at radius 3 is 2.45 bits per heavy atom. The van der Waals surface area contributed by atoms with Crippen LogP contribution in [0.3, 0.4) is 0 Å². The highest BCUT2D eigenvalue weighted by Crippen LogP contribution is 2.23. The van der Waals surface area contributed by atoms with E-state index in [1.165, 1.54) is 30.3 Å². The number of carbonyl (C=O) groups is 2. The zero-order valence-corrected chi connectivity index (χ0v) is 16.1. The summed E-state index contributed by atoms with van der Waals surface area (Å²) in [6.07, 6.45) is 1.51. The van der Waals surface area contributed by atoms with Gasteiger partial charge in [-0.2, -0.15) is 5.26 Å². The van der Waals surface area contributed by atoms with Crippen molar-refractivity contribution in [3.05, 3.63) is 70.2 Å². The zero-order valence-electron chi connectivity index (χ0n) is 16.1. The summed E-state index contributed by atoms with van der Waals surface area (Å²) >= 11 is 0. The lowest BCUT2D eigenvalue weighted by atomic mass is 10.1. The Labute approximate surface area is 166 Å². The zero-order chi connectivity index (χ0) is 21.1. The van der Waals surface area contributed by atoms with E-state index in [-0.39, 0.29) is 11.1 Å². The number of anilines is 1. The summed E-state index contributed by atoms with van der Waals surface area (Å²) in [7, 11) is 0. The van der Waals surface area contributed by atoms with Crippen LogP contribution < -0.4 is 5.32 Å². The summed E-state index contributed by atoms with van der Waals surface area (Å²) in [5, 5.41) is 25.0. The molecule has 2 N–H and O–H groups in total. The number of nitrogens with zero attached hydrogens (tertiary/aromatic N) is 3. The van der Waals surface area contributed by atoms with E-state index in [1.807, 2.05) is 30.6 Å². The highest BCUT2D eigenvalue weighted by Gasteiger charge is 2.16. The second-order valence-electron chi connectivity index (χ2n) is 6.46. The minimum Gasteiger partial charge on any atom is -0.478 e. The quantitative estimate of drug-likeness (QED) is 0.507. The van der Waals surface area contributed by atoms with E-state index in [0.717, 1.165) is 11.4 Å². The molecule has 146 valence electrons. The summed E-state index contributed by atoms with van der Waals surface area (Å²) in [5.41, 5.74) is 2.81. The Balaban J connectivity index is 1.87. The lowest BCUT2D eigenvalue weighted by Gasteiger charge is -2.06. The molecule has 0 bridgehead atoms. The van der Waals surface area contributed by atoms with Crippen molar-refractivity contribution in [1.82, 2.24) is 9.72 Å². The molecular weight excluding hydrogens is 372 g/mol. The van der Waals surface area contributed by atoms with E-state index in [2.05, 4.69) is 10.5 Å². The van der Waals surface area contributed by atoms with Crippen molar-refractivity contribution < 1.29 is 19.2 Å². The summed E-state index contributed by atoms with van der Waals surface area (Å²) in [6, 6.07) is 11.2. The maximum absolute atomic E-state index is 12.5. The summed E-state index contributed by atoms with van der Waals surface area (Å²) in [5.74, 6) is -0.343. The second-order valence-corrected chi connectivity index (χ2v) is 6.46. The first-order chi connectivity index (χ1) is 13.8. The molecule has 29 heavy (non-hydrogen) atoms. The third-order valence-electron chi connectivity index (χ3n) is 4.37. The fourth-order valence-electron chi connectivity index (χ4n) is 2.94. The van der Waals surface area contributed by atoms with Gasteiger partial charge >= 0.3 is 5.97 Å². The van der Waals surface area contributed by atoms with Gasteiger partial charge < -0.3 is 14.9 Å². The molecule has 0 fully saturated rings. The third-order valence-corrected chi connectivity index (χ3v) is 4.37. The standard InChI is InChI=1S/C21H18N4O4/c1-12-8-16(14(3)25(12)19-9-13(2)29-24-19)10-17(11-22)20(26)23-18-6-4-15(5-7-18)21(27)28/h4-10H,1-3H3,(H,23,26)(H,27,28)/b17-10+. The van der Waals surface area contributed by atoms with Crippen LogP contribution in [0.1, 0.15) is 33.1 Å². The minimum atomic E-state index is -1.06. The van der Waals surface area contributed by atoms with Gasteiger partial charge in [-0.15, -0.1) is 0 Å². The molecule has 3 rings (SSSR count). The van der Waals surface area contributed by atoms with Gasteiger partial charge in [-0.3, -0.25) is 9.36 Å². The molecule has 0 atom stereocenters. The van der Waals surface area contributed by atoms with E-state index in [4.69, 9.17) is 9.63 Å². The molecule has 1 aromatic carbocycles. The van der Waals surface area contributed by atoms with Crippen LogP contribution in [0.15, 0.2) is 46.5 Å². The Hall–Kier alpha value is -4.12. The van der Waals surface area contributed by atoms with Gasteiger partial charge in [0, 0.05) is 23.1 Å². The summed E-state index contributed by atoms with van der Waals surface area (Å²) < 4.78 is 7.00. The number of hydrogen-bond donors (Lipinski definition) is 2. The molecule has 8 heteroatoms. The molecule has 8 nitrogen and oxygen atoms in total. The Morgan fingerprint density at radius 1 is 1.21 bits per heavy atom. The number of carboxylic acids is 1. The van der Waals surface area contributed by atoms with Crippen molar-refractivity contribution in [3.63, 3.8) is 0 Å². The molecule has 0 saturated carbocycles. The molecule has 0 aliphatic rings. The number of nitriles is 1. The minimum absolute atomic E-state index is 0.0797. The van der Waals surface area contributed by atoms with E-state index >= 15 is 0 Å². The number of benzene rings is 1. The van der Waals surface area contributed by atoms with Crippen LogP contribution in [0.25, 0.3) is 11.9 Å². The van der Waals surface area contributed by atoms with Gasteiger partial charge in [0.2, 0.25) is 0 Å². The maximum atomic E-state index is 12.5. The Bertz CT molecular complexity index is 1160. The van der Waals surface area contributed by atoms with Crippen molar-refractivity contribution >= 4 is 23.6 Å². The number of aryl methyl sites for hydroxylation is 2. The molecule has 0 aliphatic heterocycles. The molecule has 0 unspecified atom stereocenters. The number of aromatic carboxylic acids is 1. The topological polar surface area (TPSA) is 121 Å². The molecule has 0 saturated heterocycles. The highest BCUT2D eigenvalue weighted by molar-refractivity contribution is 6.09. The summed E-state index contributed by atoms with van der Waals surface area (Å²) in [4.78, 5) is 23.4. The van der Waals surface area contributed by atoms with Crippen LogP contribution in [0.2, 0.25) is 0 Å². The van der Waals surface area contributed by atoms with Gasteiger partial charge in [-0.05, 0) is 62.7 Å². The average Bonchev–Trinajstić information content (AvgIpc) is 3.22. The lowest BCUT2D eigenvalue weighted by molar-refractivity contribution is -0.112. The first-order valence-corrected chi connectivity index (χ1v) is 8.69. The first-order valence-electron chi connectivity index (χ1n) is 8.69. The van der Waals surface area contributed by atoms with Crippen LogP contribution in [-0.2, 0) is 4.79 Å². The van der Waals surface area contributed by atoms with Crippen molar-refractivity contribution in [2.75, 3.05) is 5.32 Å². The van der Waals surface area contributed by atoms with Crippen molar-refractivity contribution in [2.45, 2.75) is 20.8 Å². The second kappa shape index (κ2) is 7.86. The Morgan fingerprint density at radius 2 is 1.90 bits per heavy atom. The molecule has 2 heterocycles. The molecule has 0 radical (unpaired) electrons. The van der Waals surface area contributed by atoms with E-state index < -0.39 is 11.9 Å². The molecular formula is C21H18N4O4. The lowest BCUT2D eigenvalue weighted by Crippen LogP contribution is -2.13. The number of aromatic nitrogens is 2. The van der Waals surface area contributed by atoms with Gasteiger partial charge in [0.15, 0.2) is 5.82 Å². The predicted molar refractivity (Wildman–Crippen MR) is 106 cm³/mol. The smallest absolute Gasteiger partial charge is 0.335 e. The van der Waals surface area contributed by atoms with Crippen LogP contribution in [0.5, 0.6) is 0 Å². The van der Waals surface area contributed by atoms with Gasteiger partial charge in [0.05, 0.1) is 5.56 Å². The summed E-state index contributed by atoms with van der Waals surface area (Å²) in [6.45, 7) is 5.55. The maximum Gasteiger partial charge on any atom is 0.335 e. The average molecular weight is 390 g/mol. The van der Waals surface area contributed by atoms with Gasteiger partial charge in [0.1, 0.15) is 17.4 Å². The Kier molecular flexibility index (Phi) is 5.32. The van der Waals surface area contributed by atoms with Crippen molar-refractivity contribution in [3.8, 4) is 11.9 Å². The predicted octanol–water partition coefficient (Wildman–Crippen LogP) is 3.63. The van der Waals surface area contributed by atoms with E-state index in [9.17, 15) is 14.9 Å².